The molecule has 0 spiro atoms. The number of carbonyl (C=O) groups is 1. The van der Waals surface area contributed by atoms with Crippen LogP contribution < -0.4 is 0 Å². The van der Waals surface area contributed by atoms with Gasteiger partial charge in [0.1, 0.15) is 5.76 Å². The van der Waals surface area contributed by atoms with E-state index in [0.717, 1.165) is 46.1 Å². The van der Waals surface area contributed by atoms with Crippen molar-refractivity contribution in [1.82, 2.24) is 14.3 Å². The molecule has 1 atom stereocenters. The molecule has 0 aliphatic rings. The van der Waals surface area contributed by atoms with Crippen molar-refractivity contribution in [3.63, 3.8) is 0 Å². The van der Waals surface area contributed by atoms with E-state index in [1.165, 1.54) is 0 Å². The number of carbonyl (C=O) groups excluding carboxylic acids is 1. The first kappa shape index (κ1) is 22.2. The fourth-order valence-corrected chi connectivity index (χ4v) is 5.23. The molecular weight excluding hydrogens is 442 g/mol. The van der Waals surface area contributed by atoms with Crippen molar-refractivity contribution in [2.24, 2.45) is 0 Å². The Morgan fingerprint density at radius 1 is 1.06 bits per heavy atom. The molecule has 2 aromatic carbocycles. The first-order chi connectivity index (χ1) is 16.7. The van der Waals surface area contributed by atoms with Gasteiger partial charge < -0.3 is 9.32 Å². The average Bonchev–Trinajstić information content (AvgIpc) is 3.62. The maximum Gasteiger partial charge on any atom is 0.230 e. The van der Waals surface area contributed by atoms with E-state index in [-0.39, 0.29) is 11.8 Å². The third-order valence-electron chi connectivity index (χ3n) is 6.14. The molecule has 5 nitrogen and oxygen atoms in total. The minimum absolute atomic E-state index is 0.132. The fraction of sp³-hybridized carbons (Fsp3) is 0.214. The van der Waals surface area contributed by atoms with Crippen LogP contribution in [0.25, 0.3) is 16.2 Å². The van der Waals surface area contributed by atoms with Gasteiger partial charge >= 0.3 is 0 Å². The summed E-state index contributed by atoms with van der Waals surface area (Å²) in [5.41, 5.74) is 4.28. The molecule has 0 radical (unpaired) electrons. The molecule has 34 heavy (non-hydrogen) atoms. The van der Waals surface area contributed by atoms with Gasteiger partial charge in [0.05, 0.1) is 24.4 Å². The van der Waals surface area contributed by atoms with Gasteiger partial charge in [-0.15, -0.1) is 11.3 Å². The molecule has 0 aliphatic heterocycles. The molecule has 1 unspecified atom stereocenters. The second-order valence-corrected chi connectivity index (χ2v) is 9.17. The van der Waals surface area contributed by atoms with Crippen LogP contribution in [0.3, 0.4) is 0 Å². The number of rotatable bonds is 9. The zero-order valence-corrected chi connectivity index (χ0v) is 19.9. The van der Waals surface area contributed by atoms with Gasteiger partial charge in [-0.05, 0) is 24.1 Å². The van der Waals surface area contributed by atoms with Crippen molar-refractivity contribution in [1.29, 1.82) is 0 Å². The van der Waals surface area contributed by atoms with E-state index >= 15 is 0 Å². The summed E-state index contributed by atoms with van der Waals surface area (Å²) in [4.78, 5) is 21.4. The Bertz CT molecular complexity index is 1340. The van der Waals surface area contributed by atoms with E-state index in [9.17, 15) is 4.79 Å². The molecule has 172 valence electrons. The highest BCUT2D eigenvalue weighted by Gasteiger charge is 2.25. The standard InChI is InChI=1S/C28H27N3O2S/c1-2-25(21-10-5-3-6-11-21)27(32)30(18-24-14-9-17-33-24)16-15-23-20-34-28-29-26(19-31(23)28)22-12-7-4-8-13-22/h3-14,17,19-20,25H,2,15-16,18H2,1H3. The average molecular weight is 470 g/mol. The van der Waals surface area contributed by atoms with Crippen molar-refractivity contribution in [3.8, 4) is 11.3 Å². The normalized spacial score (nSPS) is 12.1. The molecule has 3 heterocycles. The highest BCUT2D eigenvalue weighted by molar-refractivity contribution is 7.15. The van der Waals surface area contributed by atoms with Gasteiger partial charge in [0, 0.05) is 35.8 Å². The van der Waals surface area contributed by atoms with Crippen molar-refractivity contribution in [2.75, 3.05) is 6.54 Å². The number of imidazole rings is 1. The third-order valence-corrected chi connectivity index (χ3v) is 7.03. The molecule has 0 aliphatic carbocycles. The maximum absolute atomic E-state index is 13.7. The number of amides is 1. The van der Waals surface area contributed by atoms with Gasteiger partial charge in [-0.2, -0.15) is 0 Å². The van der Waals surface area contributed by atoms with Gasteiger partial charge in [-0.25, -0.2) is 4.98 Å². The Kier molecular flexibility index (Phi) is 6.58. The first-order valence-corrected chi connectivity index (χ1v) is 12.5. The van der Waals surface area contributed by atoms with Gasteiger partial charge in [-0.3, -0.25) is 9.20 Å². The van der Waals surface area contributed by atoms with Crippen LogP contribution in [0.2, 0.25) is 0 Å². The summed E-state index contributed by atoms with van der Waals surface area (Å²) in [6, 6.07) is 24.1. The van der Waals surface area contributed by atoms with E-state index < -0.39 is 0 Å². The van der Waals surface area contributed by atoms with Gasteiger partial charge in [0.15, 0.2) is 4.96 Å². The predicted molar refractivity (Wildman–Crippen MR) is 136 cm³/mol. The smallest absolute Gasteiger partial charge is 0.230 e. The number of aromatic nitrogens is 2. The van der Waals surface area contributed by atoms with Gasteiger partial charge in [0.2, 0.25) is 5.91 Å². The van der Waals surface area contributed by atoms with Gasteiger partial charge in [0.25, 0.3) is 0 Å². The van der Waals surface area contributed by atoms with Crippen molar-refractivity contribution < 1.29 is 9.21 Å². The van der Waals surface area contributed by atoms with Crippen molar-refractivity contribution >= 4 is 22.2 Å². The second-order valence-electron chi connectivity index (χ2n) is 8.33. The lowest BCUT2D eigenvalue weighted by Crippen LogP contribution is -2.36. The number of fused-ring (bicyclic) bond motifs is 1. The van der Waals surface area contributed by atoms with Crippen LogP contribution in [-0.2, 0) is 17.8 Å². The number of furan rings is 1. The SMILES string of the molecule is CCC(C(=O)N(CCc1csc2nc(-c3ccccc3)cn12)Cc1ccco1)c1ccccc1. The quantitative estimate of drug-likeness (QED) is 0.250. The third kappa shape index (κ3) is 4.68. The summed E-state index contributed by atoms with van der Waals surface area (Å²) in [7, 11) is 0. The second kappa shape index (κ2) is 10.1. The summed E-state index contributed by atoms with van der Waals surface area (Å²) >= 11 is 1.63. The summed E-state index contributed by atoms with van der Waals surface area (Å²) < 4.78 is 7.74. The van der Waals surface area contributed by atoms with Crippen LogP contribution >= 0.6 is 11.3 Å². The summed E-state index contributed by atoms with van der Waals surface area (Å²) in [6.07, 6.45) is 5.24. The minimum atomic E-state index is -0.170. The number of thiazole rings is 1. The number of hydrogen-bond donors (Lipinski definition) is 0. The van der Waals surface area contributed by atoms with Crippen LogP contribution in [0.5, 0.6) is 0 Å². The number of nitrogens with zero attached hydrogens (tertiary/aromatic N) is 3. The molecule has 1 amide bonds. The van der Waals surface area contributed by atoms with E-state index in [1.807, 2.05) is 65.6 Å². The van der Waals surface area contributed by atoms with Crippen LogP contribution in [0.15, 0.2) is 95.1 Å². The molecule has 0 fully saturated rings. The molecule has 3 aromatic heterocycles. The molecular formula is C28H27N3O2S. The molecule has 6 heteroatoms. The topological polar surface area (TPSA) is 50.8 Å². The summed E-state index contributed by atoms with van der Waals surface area (Å²) in [6.45, 7) is 3.13. The predicted octanol–water partition coefficient (Wildman–Crippen LogP) is 6.42. The van der Waals surface area contributed by atoms with E-state index in [4.69, 9.17) is 9.40 Å². The van der Waals surface area contributed by atoms with Gasteiger partial charge in [-0.1, -0.05) is 67.6 Å². The largest absolute Gasteiger partial charge is 0.467 e. The van der Waals surface area contributed by atoms with Crippen LogP contribution in [0.1, 0.15) is 36.3 Å². The Labute approximate surface area is 203 Å². The van der Waals surface area contributed by atoms with E-state index in [0.29, 0.717) is 13.1 Å². The summed E-state index contributed by atoms with van der Waals surface area (Å²) in [5, 5.41) is 2.14. The maximum atomic E-state index is 13.7. The lowest BCUT2D eigenvalue weighted by molar-refractivity contribution is -0.133. The molecule has 0 bridgehead atoms. The summed E-state index contributed by atoms with van der Waals surface area (Å²) in [5.74, 6) is 0.754. The Balaban J connectivity index is 1.38. The highest BCUT2D eigenvalue weighted by atomic mass is 32.1. The van der Waals surface area contributed by atoms with Crippen molar-refractivity contribution in [3.05, 3.63) is 108 Å². The van der Waals surface area contributed by atoms with Crippen LogP contribution in [0, 0.1) is 0 Å². The Morgan fingerprint density at radius 3 is 2.53 bits per heavy atom. The molecule has 0 N–H and O–H groups in total. The van der Waals surface area contributed by atoms with E-state index in [1.54, 1.807) is 17.6 Å². The van der Waals surface area contributed by atoms with Crippen LogP contribution in [0.4, 0.5) is 0 Å². The number of benzene rings is 2. The lowest BCUT2D eigenvalue weighted by atomic mass is 9.95. The fourth-order valence-electron chi connectivity index (χ4n) is 4.32. The molecule has 5 rings (SSSR count). The number of hydrogen-bond acceptors (Lipinski definition) is 4. The Morgan fingerprint density at radius 2 is 1.82 bits per heavy atom. The van der Waals surface area contributed by atoms with Crippen LogP contribution in [-0.4, -0.2) is 26.7 Å². The Hall–Kier alpha value is -3.64. The first-order valence-electron chi connectivity index (χ1n) is 11.6. The monoisotopic (exact) mass is 469 g/mol. The molecule has 5 aromatic rings. The minimum Gasteiger partial charge on any atom is -0.467 e. The van der Waals surface area contributed by atoms with E-state index in [2.05, 4.69) is 35.0 Å². The molecule has 0 saturated heterocycles. The lowest BCUT2D eigenvalue weighted by Gasteiger charge is -2.26. The zero-order chi connectivity index (χ0) is 23.3. The van der Waals surface area contributed by atoms with Crippen molar-refractivity contribution in [2.45, 2.75) is 32.2 Å². The zero-order valence-electron chi connectivity index (χ0n) is 19.1. The highest BCUT2D eigenvalue weighted by Crippen LogP contribution is 2.26. The molecule has 0 saturated carbocycles.